The first-order valence-corrected chi connectivity index (χ1v) is 13.1. The fraction of sp³-hybridized carbons (Fsp3) is 0.923. The molecule has 0 radical (unpaired) electrons. The number of fused-ring (bicyclic) bond motifs is 7. The number of rotatable bonds is 0. The summed E-state index contributed by atoms with van der Waals surface area (Å²) < 4.78 is 0. The Bertz CT molecular complexity index is 591. The first-order chi connectivity index (χ1) is 13.9. The molecule has 5 aliphatic rings. The lowest BCUT2D eigenvalue weighted by molar-refractivity contribution is 0.182. The molecule has 2 nitrogen and oxygen atoms in total. The van der Waals surface area contributed by atoms with Crippen LogP contribution in [0.25, 0.3) is 0 Å². The smallest absolute Gasteiger partial charge is 0.0727 e. The Morgan fingerprint density at radius 3 is 1.25 bits per heavy atom. The van der Waals surface area contributed by atoms with Gasteiger partial charge in [0.25, 0.3) is 0 Å². The molecule has 1 heterocycles. The summed E-state index contributed by atoms with van der Waals surface area (Å²) in [4.78, 5) is 11.2. The minimum Gasteiger partial charge on any atom is -0.282 e. The average molecular weight is 383 g/mol. The Balaban J connectivity index is 1.51. The van der Waals surface area contributed by atoms with Crippen LogP contribution in [0.2, 0.25) is 0 Å². The van der Waals surface area contributed by atoms with E-state index >= 15 is 0 Å². The molecule has 6 atom stereocenters. The lowest BCUT2D eigenvalue weighted by Crippen LogP contribution is -2.51. The van der Waals surface area contributed by atoms with Gasteiger partial charge in [0.1, 0.15) is 0 Å². The molecule has 4 saturated carbocycles. The Labute approximate surface area is 173 Å². The monoisotopic (exact) mass is 382 g/mol. The van der Waals surface area contributed by atoms with E-state index in [0.29, 0.717) is 12.1 Å². The molecule has 28 heavy (non-hydrogen) atoms. The number of aliphatic imine (C=N–C) groups is 2. The topological polar surface area (TPSA) is 24.7 Å². The third-order valence-electron chi connectivity index (χ3n) is 8.96. The summed E-state index contributed by atoms with van der Waals surface area (Å²) >= 11 is 0. The summed E-state index contributed by atoms with van der Waals surface area (Å²) in [6.07, 6.45) is 25.6. The standard InChI is InChI=1S/C26H42N2/c1-2-7-13-19-20-14-9-6-10-16-22(20)26-25(21(19)15-8-3-1)27-23-17-11-4-5-12-18-24(23)28-26/h19-24H,1-18H2. The van der Waals surface area contributed by atoms with Crippen LogP contribution < -0.4 is 0 Å². The maximum Gasteiger partial charge on any atom is 0.0727 e. The number of hydrogen-bond donors (Lipinski definition) is 0. The Morgan fingerprint density at radius 2 is 0.750 bits per heavy atom. The maximum atomic E-state index is 5.62. The van der Waals surface area contributed by atoms with Gasteiger partial charge in [-0.25, -0.2) is 0 Å². The fourth-order valence-electron chi connectivity index (χ4n) is 7.54. The van der Waals surface area contributed by atoms with Crippen LogP contribution in [0, 0.1) is 23.7 Å². The highest BCUT2D eigenvalue weighted by Gasteiger charge is 2.48. The zero-order chi connectivity index (χ0) is 18.8. The van der Waals surface area contributed by atoms with Crippen molar-refractivity contribution in [3.8, 4) is 0 Å². The van der Waals surface area contributed by atoms with Gasteiger partial charge in [-0.1, -0.05) is 77.0 Å². The van der Waals surface area contributed by atoms with Crippen LogP contribution in [0.3, 0.4) is 0 Å². The van der Waals surface area contributed by atoms with Crippen molar-refractivity contribution in [2.45, 2.75) is 128 Å². The summed E-state index contributed by atoms with van der Waals surface area (Å²) in [7, 11) is 0. The van der Waals surface area contributed by atoms with Gasteiger partial charge in [0.05, 0.1) is 23.5 Å². The van der Waals surface area contributed by atoms with E-state index in [-0.39, 0.29) is 0 Å². The second kappa shape index (κ2) is 9.00. The molecule has 4 aliphatic carbocycles. The SMILES string of the molecule is C1CCCC2C3=NC4CCCCCCC4N=C3C3CCCCCC3C2CCC1. The van der Waals surface area contributed by atoms with E-state index in [0.717, 1.165) is 23.7 Å². The summed E-state index contributed by atoms with van der Waals surface area (Å²) in [6, 6.07) is 1.05. The molecule has 0 aromatic heterocycles. The summed E-state index contributed by atoms with van der Waals surface area (Å²) in [5.41, 5.74) is 3.10. The molecule has 0 bridgehead atoms. The van der Waals surface area contributed by atoms with Crippen LogP contribution in [-0.2, 0) is 0 Å². The molecule has 0 spiro atoms. The van der Waals surface area contributed by atoms with Gasteiger partial charge in [-0.2, -0.15) is 0 Å². The Hall–Kier alpha value is -0.660. The third kappa shape index (κ3) is 3.86. The van der Waals surface area contributed by atoms with E-state index in [1.165, 1.54) is 116 Å². The molecular formula is C26H42N2. The summed E-state index contributed by atoms with van der Waals surface area (Å²) in [5.74, 6) is 3.36. The second-order valence-corrected chi connectivity index (χ2v) is 10.7. The van der Waals surface area contributed by atoms with Crippen LogP contribution in [0.5, 0.6) is 0 Å². The van der Waals surface area contributed by atoms with E-state index in [2.05, 4.69) is 0 Å². The van der Waals surface area contributed by atoms with Crippen molar-refractivity contribution >= 4 is 11.4 Å². The molecular weight excluding hydrogens is 340 g/mol. The Kier molecular flexibility index (Phi) is 6.21. The fourth-order valence-corrected chi connectivity index (χ4v) is 7.54. The van der Waals surface area contributed by atoms with E-state index in [4.69, 9.17) is 9.98 Å². The molecule has 0 amide bonds. The van der Waals surface area contributed by atoms with Crippen molar-refractivity contribution in [3.05, 3.63) is 0 Å². The molecule has 4 fully saturated rings. The highest BCUT2D eigenvalue weighted by atomic mass is 15.0. The van der Waals surface area contributed by atoms with E-state index in [1.54, 1.807) is 11.4 Å². The average Bonchev–Trinajstić information content (AvgIpc) is 2.86. The van der Waals surface area contributed by atoms with Gasteiger partial charge in [-0.05, 0) is 50.4 Å². The van der Waals surface area contributed by atoms with E-state index < -0.39 is 0 Å². The predicted molar refractivity (Wildman–Crippen MR) is 120 cm³/mol. The molecule has 1 aliphatic heterocycles. The zero-order valence-electron chi connectivity index (χ0n) is 18.1. The van der Waals surface area contributed by atoms with Crippen LogP contribution in [0.1, 0.15) is 116 Å². The molecule has 5 rings (SSSR count). The number of nitrogens with zero attached hydrogens (tertiary/aromatic N) is 2. The molecule has 0 N–H and O–H groups in total. The van der Waals surface area contributed by atoms with Gasteiger partial charge >= 0.3 is 0 Å². The largest absolute Gasteiger partial charge is 0.282 e. The molecule has 0 aromatic rings. The normalized spacial score (nSPS) is 42.3. The minimum atomic E-state index is 0.523. The van der Waals surface area contributed by atoms with Gasteiger partial charge in [0, 0.05) is 11.8 Å². The molecule has 6 unspecified atom stereocenters. The van der Waals surface area contributed by atoms with Crippen LogP contribution in [-0.4, -0.2) is 23.5 Å². The van der Waals surface area contributed by atoms with Crippen molar-refractivity contribution in [1.82, 2.24) is 0 Å². The third-order valence-corrected chi connectivity index (χ3v) is 8.96. The highest BCUT2D eigenvalue weighted by Crippen LogP contribution is 2.49. The first-order valence-electron chi connectivity index (χ1n) is 13.1. The molecule has 0 aromatic carbocycles. The van der Waals surface area contributed by atoms with E-state index in [1.807, 2.05) is 0 Å². The van der Waals surface area contributed by atoms with Crippen molar-refractivity contribution in [1.29, 1.82) is 0 Å². The predicted octanol–water partition coefficient (Wildman–Crippen LogP) is 7.16. The first kappa shape index (κ1) is 19.3. The van der Waals surface area contributed by atoms with Gasteiger partial charge in [-0.15, -0.1) is 0 Å². The van der Waals surface area contributed by atoms with Gasteiger partial charge in [-0.3, -0.25) is 9.98 Å². The van der Waals surface area contributed by atoms with Crippen LogP contribution in [0.15, 0.2) is 9.98 Å². The Morgan fingerprint density at radius 1 is 0.393 bits per heavy atom. The zero-order valence-corrected chi connectivity index (χ0v) is 18.1. The quantitative estimate of drug-likeness (QED) is 0.424. The summed E-state index contributed by atoms with van der Waals surface area (Å²) in [5, 5.41) is 0. The lowest BCUT2D eigenvalue weighted by atomic mass is 9.60. The van der Waals surface area contributed by atoms with Crippen LogP contribution in [0.4, 0.5) is 0 Å². The minimum absolute atomic E-state index is 0.523. The van der Waals surface area contributed by atoms with Crippen molar-refractivity contribution < 1.29 is 0 Å². The molecule has 156 valence electrons. The lowest BCUT2D eigenvalue weighted by Gasteiger charge is -2.47. The van der Waals surface area contributed by atoms with E-state index in [9.17, 15) is 0 Å². The second-order valence-electron chi connectivity index (χ2n) is 10.7. The molecule has 0 saturated heterocycles. The van der Waals surface area contributed by atoms with Crippen molar-refractivity contribution in [2.75, 3.05) is 0 Å². The van der Waals surface area contributed by atoms with Crippen LogP contribution >= 0.6 is 0 Å². The number of hydrogen-bond acceptors (Lipinski definition) is 2. The molecule has 2 heteroatoms. The highest BCUT2D eigenvalue weighted by molar-refractivity contribution is 6.45. The maximum absolute atomic E-state index is 5.62. The van der Waals surface area contributed by atoms with Gasteiger partial charge < -0.3 is 0 Å². The van der Waals surface area contributed by atoms with Crippen molar-refractivity contribution in [2.24, 2.45) is 33.7 Å². The van der Waals surface area contributed by atoms with Gasteiger partial charge in [0.15, 0.2) is 0 Å². The summed E-state index contributed by atoms with van der Waals surface area (Å²) in [6.45, 7) is 0. The van der Waals surface area contributed by atoms with Crippen molar-refractivity contribution in [3.63, 3.8) is 0 Å². The van der Waals surface area contributed by atoms with Gasteiger partial charge in [0.2, 0.25) is 0 Å².